The summed E-state index contributed by atoms with van der Waals surface area (Å²) in [7, 11) is 1.51. The molecule has 2 aromatic rings. The Labute approximate surface area is 112 Å². The predicted octanol–water partition coefficient (Wildman–Crippen LogP) is 2.58. The van der Waals surface area contributed by atoms with Gasteiger partial charge >= 0.3 is 0 Å². The number of hydrogen-bond donors (Lipinski definition) is 0. The maximum atomic E-state index is 9.14. The van der Waals surface area contributed by atoms with E-state index in [1.807, 2.05) is 36.4 Å². The van der Waals surface area contributed by atoms with Crippen molar-refractivity contribution in [3.63, 3.8) is 0 Å². The fourth-order valence-corrected chi connectivity index (χ4v) is 1.76. The number of methoxy groups -OCH3 is 1. The van der Waals surface area contributed by atoms with Crippen molar-refractivity contribution in [2.75, 3.05) is 13.7 Å². The molecule has 96 valence electrons. The first-order valence-electron chi connectivity index (χ1n) is 5.95. The molecule has 0 aliphatic heterocycles. The van der Waals surface area contributed by atoms with Gasteiger partial charge in [0.05, 0.1) is 13.7 Å². The van der Waals surface area contributed by atoms with Crippen LogP contribution in [-0.4, -0.2) is 18.7 Å². The normalized spacial score (nSPS) is 9.68. The van der Waals surface area contributed by atoms with Crippen LogP contribution in [-0.2, 0) is 6.42 Å². The minimum absolute atomic E-state index is 0.361. The molecule has 2 rings (SSSR count). The van der Waals surface area contributed by atoms with E-state index in [-0.39, 0.29) is 0 Å². The van der Waals surface area contributed by atoms with Crippen LogP contribution in [0.5, 0.6) is 11.6 Å². The number of nitriles is 1. The van der Waals surface area contributed by atoms with E-state index in [9.17, 15) is 0 Å². The molecule has 0 N–H and O–H groups in total. The lowest BCUT2D eigenvalue weighted by Gasteiger charge is -2.08. The molecule has 4 heteroatoms. The second kappa shape index (κ2) is 6.41. The van der Waals surface area contributed by atoms with Gasteiger partial charge in [-0.3, -0.25) is 0 Å². The second-order valence-electron chi connectivity index (χ2n) is 3.88. The molecule has 0 atom stereocenters. The molecule has 0 aliphatic carbocycles. The lowest BCUT2D eigenvalue weighted by molar-refractivity contribution is 0.321. The van der Waals surface area contributed by atoms with Gasteiger partial charge in [-0.15, -0.1) is 0 Å². The van der Waals surface area contributed by atoms with Crippen LogP contribution < -0.4 is 9.47 Å². The van der Waals surface area contributed by atoms with Gasteiger partial charge in [-0.05, 0) is 23.8 Å². The number of pyridine rings is 1. The van der Waals surface area contributed by atoms with Crippen LogP contribution in [0.3, 0.4) is 0 Å². The summed E-state index contributed by atoms with van der Waals surface area (Å²) in [4.78, 5) is 4.01. The van der Waals surface area contributed by atoms with Crippen molar-refractivity contribution in [1.29, 1.82) is 5.26 Å². The predicted molar refractivity (Wildman–Crippen MR) is 71.1 cm³/mol. The van der Waals surface area contributed by atoms with Gasteiger partial charge in [0.15, 0.2) is 0 Å². The van der Waals surface area contributed by atoms with Crippen molar-refractivity contribution in [3.8, 4) is 17.7 Å². The van der Waals surface area contributed by atoms with E-state index in [1.54, 1.807) is 6.20 Å². The SMILES string of the molecule is COc1nccc(CCOc2ccccc2)c1C#N. The summed E-state index contributed by atoms with van der Waals surface area (Å²) in [6, 6.07) is 13.5. The molecular weight excluding hydrogens is 240 g/mol. The van der Waals surface area contributed by atoms with Crippen molar-refractivity contribution in [2.24, 2.45) is 0 Å². The molecule has 4 nitrogen and oxygen atoms in total. The van der Waals surface area contributed by atoms with Gasteiger partial charge in [0.25, 0.3) is 0 Å². The number of nitrogens with zero attached hydrogens (tertiary/aromatic N) is 2. The molecule has 0 radical (unpaired) electrons. The average Bonchev–Trinajstić information content (AvgIpc) is 2.48. The quantitative estimate of drug-likeness (QED) is 0.823. The second-order valence-corrected chi connectivity index (χ2v) is 3.88. The summed E-state index contributed by atoms with van der Waals surface area (Å²) >= 11 is 0. The van der Waals surface area contributed by atoms with Gasteiger partial charge < -0.3 is 9.47 Å². The summed E-state index contributed by atoms with van der Waals surface area (Å²) < 4.78 is 10.7. The highest BCUT2D eigenvalue weighted by Crippen LogP contribution is 2.19. The molecule has 0 saturated heterocycles. The van der Waals surface area contributed by atoms with Crippen LogP contribution in [0.25, 0.3) is 0 Å². The zero-order valence-corrected chi connectivity index (χ0v) is 10.7. The zero-order valence-electron chi connectivity index (χ0n) is 10.7. The lowest BCUT2D eigenvalue weighted by atomic mass is 10.1. The maximum absolute atomic E-state index is 9.14. The summed E-state index contributed by atoms with van der Waals surface area (Å²) in [6.45, 7) is 0.506. The Bertz CT molecular complexity index is 576. The smallest absolute Gasteiger partial charge is 0.231 e. The van der Waals surface area contributed by atoms with E-state index in [1.165, 1.54) is 7.11 Å². The summed E-state index contributed by atoms with van der Waals surface area (Å²) in [5, 5.41) is 9.14. The molecule has 0 unspecified atom stereocenters. The van der Waals surface area contributed by atoms with E-state index in [0.717, 1.165) is 11.3 Å². The van der Waals surface area contributed by atoms with Crippen LogP contribution in [0, 0.1) is 11.3 Å². The molecule has 0 fully saturated rings. The largest absolute Gasteiger partial charge is 0.493 e. The van der Waals surface area contributed by atoms with Gasteiger partial charge in [0.2, 0.25) is 5.88 Å². The Morgan fingerprint density at radius 1 is 1.21 bits per heavy atom. The first kappa shape index (κ1) is 12.9. The third kappa shape index (κ3) is 3.23. The van der Waals surface area contributed by atoms with Crippen molar-refractivity contribution in [3.05, 3.63) is 53.7 Å². The highest BCUT2D eigenvalue weighted by Gasteiger charge is 2.09. The molecule has 0 aliphatic rings. The summed E-state index contributed by atoms with van der Waals surface area (Å²) in [5.41, 5.74) is 1.35. The van der Waals surface area contributed by atoms with Crippen LogP contribution in [0.4, 0.5) is 0 Å². The fraction of sp³-hybridized carbons (Fsp3) is 0.200. The topological polar surface area (TPSA) is 55.1 Å². The van der Waals surface area contributed by atoms with Gasteiger partial charge in [-0.2, -0.15) is 5.26 Å². The highest BCUT2D eigenvalue weighted by molar-refractivity contribution is 5.44. The number of benzene rings is 1. The number of ether oxygens (including phenoxy) is 2. The maximum Gasteiger partial charge on any atom is 0.231 e. The Morgan fingerprint density at radius 2 is 2.00 bits per heavy atom. The van der Waals surface area contributed by atoms with Crippen LogP contribution >= 0.6 is 0 Å². The van der Waals surface area contributed by atoms with E-state index in [2.05, 4.69) is 11.1 Å². The van der Waals surface area contributed by atoms with Crippen molar-refractivity contribution < 1.29 is 9.47 Å². The zero-order chi connectivity index (χ0) is 13.5. The lowest BCUT2D eigenvalue weighted by Crippen LogP contribution is -2.04. The molecule has 0 amide bonds. The Morgan fingerprint density at radius 3 is 2.68 bits per heavy atom. The first-order valence-corrected chi connectivity index (χ1v) is 5.95. The summed E-state index contributed by atoms with van der Waals surface area (Å²) in [6.07, 6.45) is 2.27. The van der Waals surface area contributed by atoms with Crippen molar-refractivity contribution in [1.82, 2.24) is 4.98 Å². The molecule has 1 aromatic carbocycles. The van der Waals surface area contributed by atoms with E-state index >= 15 is 0 Å². The summed E-state index contributed by atoms with van der Waals surface area (Å²) in [5.74, 6) is 1.18. The van der Waals surface area contributed by atoms with Crippen molar-refractivity contribution in [2.45, 2.75) is 6.42 Å². The van der Waals surface area contributed by atoms with Gasteiger partial charge in [0.1, 0.15) is 17.4 Å². The molecular formula is C15H14N2O2. The fourth-order valence-electron chi connectivity index (χ4n) is 1.76. The standard InChI is InChI=1S/C15H14N2O2/c1-18-15-14(11-16)12(7-9-17-15)8-10-19-13-5-3-2-4-6-13/h2-7,9H,8,10H2,1H3. The average molecular weight is 254 g/mol. The molecule has 19 heavy (non-hydrogen) atoms. The molecule has 1 heterocycles. The Hall–Kier alpha value is -2.54. The third-order valence-corrected chi connectivity index (χ3v) is 2.69. The Kier molecular flexibility index (Phi) is 4.35. The number of rotatable bonds is 5. The third-order valence-electron chi connectivity index (χ3n) is 2.69. The number of aromatic nitrogens is 1. The minimum atomic E-state index is 0.361. The first-order chi connectivity index (χ1) is 9.35. The minimum Gasteiger partial charge on any atom is -0.493 e. The van der Waals surface area contributed by atoms with Gasteiger partial charge in [-0.25, -0.2) is 4.98 Å². The Balaban J connectivity index is 2.02. The van der Waals surface area contributed by atoms with Crippen LogP contribution in [0.1, 0.15) is 11.1 Å². The van der Waals surface area contributed by atoms with Crippen LogP contribution in [0.15, 0.2) is 42.6 Å². The van der Waals surface area contributed by atoms with Gasteiger partial charge in [0, 0.05) is 12.6 Å². The molecule has 0 bridgehead atoms. The van der Waals surface area contributed by atoms with E-state index < -0.39 is 0 Å². The van der Waals surface area contributed by atoms with Gasteiger partial charge in [-0.1, -0.05) is 18.2 Å². The highest BCUT2D eigenvalue weighted by atomic mass is 16.5. The monoisotopic (exact) mass is 254 g/mol. The molecule has 1 aromatic heterocycles. The number of hydrogen-bond acceptors (Lipinski definition) is 4. The van der Waals surface area contributed by atoms with Crippen LogP contribution in [0.2, 0.25) is 0 Å². The van der Waals surface area contributed by atoms with Crippen molar-refractivity contribution >= 4 is 0 Å². The van der Waals surface area contributed by atoms with E-state index in [4.69, 9.17) is 14.7 Å². The molecule has 0 saturated carbocycles. The van der Waals surface area contributed by atoms with E-state index in [0.29, 0.717) is 24.5 Å². The molecule has 0 spiro atoms. The number of para-hydroxylation sites is 1.